The molecule has 1 aliphatic heterocycles. The largest absolute Gasteiger partial charge is 0.481 e. The number of carboxylic acid groups (broad SMARTS) is 1. The van der Waals surface area contributed by atoms with Crippen LogP contribution in [0, 0.1) is 11.8 Å². The maximum Gasteiger partial charge on any atom is 0.315 e. The summed E-state index contributed by atoms with van der Waals surface area (Å²) in [6.07, 6.45) is 2.25. The van der Waals surface area contributed by atoms with Crippen molar-refractivity contribution >= 4 is 11.9 Å². The molecule has 0 spiro atoms. The average Bonchev–Trinajstić information content (AvgIpc) is 3.11. The van der Waals surface area contributed by atoms with Gasteiger partial charge in [-0.15, -0.1) is 0 Å². The van der Waals surface area contributed by atoms with E-state index in [1.54, 1.807) is 4.90 Å². The molecule has 90 valence electrons. The Morgan fingerprint density at radius 1 is 1.44 bits per heavy atom. The number of carboxylic acids is 1. The third-order valence-electron chi connectivity index (χ3n) is 3.36. The molecule has 1 heterocycles. The van der Waals surface area contributed by atoms with Gasteiger partial charge in [-0.3, -0.25) is 9.59 Å². The highest BCUT2D eigenvalue weighted by molar-refractivity contribution is 5.96. The molecule has 1 amide bonds. The van der Waals surface area contributed by atoms with Gasteiger partial charge in [-0.05, 0) is 25.7 Å². The molecule has 0 aromatic rings. The smallest absolute Gasteiger partial charge is 0.315 e. The van der Waals surface area contributed by atoms with Gasteiger partial charge in [0.05, 0.1) is 19.3 Å². The Labute approximate surface area is 94.4 Å². The van der Waals surface area contributed by atoms with Crippen LogP contribution in [-0.4, -0.2) is 47.7 Å². The topological polar surface area (TPSA) is 66.8 Å². The Bertz CT molecular complexity index is 300. The van der Waals surface area contributed by atoms with Crippen LogP contribution in [-0.2, 0) is 14.3 Å². The molecule has 5 heteroatoms. The number of hydrogen-bond acceptors (Lipinski definition) is 3. The van der Waals surface area contributed by atoms with Crippen LogP contribution in [0.4, 0.5) is 0 Å². The molecular weight excluding hydrogens is 210 g/mol. The fraction of sp³-hybridized carbons (Fsp3) is 0.818. The summed E-state index contributed by atoms with van der Waals surface area (Å²) in [5.41, 5.74) is 0. The van der Waals surface area contributed by atoms with Gasteiger partial charge in [0.25, 0.3) is 0 Å². The SMILES string of the molecule is CC(C(=O)O)C(=O)N1CCOCC1C1CC1. The lowest BCUT2D eigenvalue weighted by Gasteiger charge is -2.36. The number of aliphatic carboxylic acids is 1. The van der Waals surface area contributed by atoms with E-state index >= 15 is 0 Å². The molecule has 2 fully saturated rings. The summed E-state index contributed by atoms with van der Waals surface area (Å²) in [7, 11) is 0. The van der Waals surface area contributed by atoms with Gasteiger partial charge in [0.2, 0.25) is 5.91 Å². The molecule has 16 heavy (non-hydrogen) atoms. The number of carbonyl (C=O) groups excluding carboxylic acids is 1. The Kier molecular flexibility index (Phi) is 3.14. The second-order valence-corrected chi connectivity index (χ2v) is 4.57. The highest BCUT2D eigenvalue weighted by Gasteiger charge is 2.41. The summed E-state index contributed by atoms with van der Waals surface area (Å²) in [6.45, 7) is 3.05. The highest BCUT2D eigenvalue weighted by Crippen LogP contribution is 2.36. The molecule has 0 radical (unpaired) electrons. The minimum absolute atomic E-state index is 0.100. The van der Waals surface area contributed by atoms with E-state index in [4.69, 9.17) is 9.84 Å². The van der Waals surface area contributed by atoms with Crippen LogP contribution in [0.3, 0.4) is 0 Å². The van der Waals surface area contributed by atoms with Crippen molar-refractivity contribution in [3.8, 4) is 0 Å². The van der Waals surface area contributed by atoms with E-state index in [1.165, 1.54) is 6.92 Å². The van der Waals surface area contributed by atoms with Gasteiger partial charge in [0, 0.05) is 6.54 Å². The highest BCUT2D eigenvalue weighted by atomic mass is 16.5. The number of morpholine rings is 1. The summed E-state index contributed by atoms with van der Waals surface area (Å²) >= 11 is 0. The second kappa shape index (κ2) is 4.41. The first-order valence-corrected chi connectivity index (χ1v) is 5.72. The molecule has 5 nitrogen and oxygen atoms in total. The van der Waals surface area contributed by atoms with Gasteiger partial charge >= 0.3 is 5.97 Å². The number of carbonyl (C=O) groups is 2. The third-order valence-corrected chi connectivity index (χ3v) is 3.36. The fourth-order valence-electron chi connectivity index (χ4n) is 2.12. The number of rotatable bonds is 3. The third kappa shape index (κ3) is 2.19. The summed E-state index contributed by atoms with van der Waals surface area (Å²) < 4.78 is 5.36. The quantitative estimate of drug-likeness (QED) is 0.706. The average molecular weight is 227 g/mol. The standard InChI is InChI=1S/C11H17NO4/c1-7(11(14)15)10(13)12-4-5-16-6-9(12)8-2-3-8/h7-9H,2-6H2,1H3,(H,14,15). The Morgan fingerprint density at radius 2 is 2.12 bits per heavy atom. The van der Waals surface area contributed by atoms with Gasteiger partial charge in [-0.1, -0.05) is 0 Å². The van der Waals surface area contributed by atoms with Crippen molar-refractivity contribution in [3.05, 3.63) is 0 Å². The van der Waals surface area contributed by atoms with Crippen molar-refractivity contribution in [2.45, 2.75) is 25.8 Å². The Balaban J connectivity index is 2.04. The van der Waals surface area contributed by atoms with E-state index in [0.29, 0.717) is 25.7 Å². The molecule has 0 aromatic carbocycles. The predicted molar refractivity (Wildman–Crippen MR) is 55.8 cm³/mol. The lowest BCUT2D eigenvalue weighted by Crippen LogP contribution is -2.52. The first kappa shape index (κ1) is 11.4. The van der Waals surface area contributed by atoms with Gasteiger partial charge < -0.3 is 14.7 Å². The lowest BCUT2D eigenvalue weighted by molar-refractivity contribution is -0.155. The van der Waals surface area contributed by atoms with Crippen LogP contribution in [0.15, 0.2) is 0 Å². The van der Waals surface area contributed by atoms with Crippen molar-refractivity contribution in [1.82, 2.24) is 4.90 Å². The zero-order chi connectivity index (χ0) is 11.7. The van der Waals surface area contributed by atoms with E-state index in [-0.39, 0.29) is 11.9 Å². The number of ether oxygens (including phenoxy) is 1. The second-order valence-electron chi connectivity index (χ2n) is 4.57. The van der Waals surface area contributed by atoms with Crippen LogP contribution >= 0.6 is 0 Å². The normalized spacial score (nSPS) is 27.6. The molecule has 2 atom stereocenters. The molecule has 1 aliphatic carbocycles. The number of hydrogen-bond donors (Lipinski definition) is 1. The van der Waals surface area contributed by atoms with Crippen LogP contribution < -0.4 is 0 Å². The van der Waals surface area contributed by atoms with E-state index in [9.17, 15) is 9.59 Å². The maximum absolute atomic E-state index is 12.0. The Morgan fingerprint density at radius 3 is 2.69 bits per heavy atom. The van der Waals surface area contributed by atoms with Crippen molar-refractivity contribution in [2.75, 3.05) is 19.8 Å². The van der Waals surface area contributed by atoms with Crippen molar-refractivity contribution in [2.24, 2.45) is 11.8 Å². The summed E-state index contributed by atoms with van der Waals surface area (Å²) in [5.74, 6) is -1.75. The predicted octanol–water partition coefficient (Wildman–Crippen LogP) is 0.345. The number of nitrogens with zero attached hydrogens (tertiary/aromatic N) is 1. The Hall–Kier alpha value is -1.10. The maximum atomic E-state index is 12.0. The first-order chi connectivity index (χ1) is 7.61. The van der Waals surface area contributed by atoms with E-state index in [2.05, 4.69) is 0 Å². The van der Waals surface area contributed by atoms with Crippen LogP contribution in [0.5, 0.6) is 0 Å². The zero-order valence-corrected chi connectivity index (χ0v) is 9.39. The fourth-order valence-corrected chi connectivity index (χ4v) is 2.12. The summed E-state index contributed by atoms with van der Waals surface area (Å²) in [6, 6.07) is 0.100. The first-order valence-electron chi connectivity index (χ1n) is 5.72. The molecule has 1 saturated heterocycles. The molecule has 1 N–H and O–H groups in total. The van der Waals surface area contributed by atoms with E-state index in [0.717, 1.165) is 12.8 Å². The van der Waals surface area contributed by atoms with Crippen LogP contribution in [0.25, 0.3) is 0 Å². The van der Waals surface area contributed by atoms with Crippen molar-refractivity contribution < 1.29 is 19.4 Å². The summed E-state index contributed by atoms with van der Waals surface area (Å²) in [4.78, 5) is 24.5. The van der Waals surface area contributed by atoms with Crippen LogP contribution in [0.2, 0.25) is 0 Å². The van der Waals surface area contributed by atoms with E-state index in [1.807, 2.05) is 0 Å². The lowest BCUT2D eigenvalue weighted by atomic mass is 10.1. The van der Waals surface area contributed by atoms with Crippen molar-refractivity contribution in [1.29, 1.82) is 0 Å². The molecule has 2 aliphatic rings. The van der Waals surface area contributed by atoms with Gasteiger partial charge in [0.15, 0.2) is 0 Å². The minimum Gasteiger partial charge on any atom is -0.481 e. The van der Waals surface area contributed by atoms with Gasteiger partial charge in [0.1, 0.15) is 5.92 Å². The minimum atomic E-state index is -1.05. The molecule has 1 saturated carbocycles. The molecule has 2 rings (SSSR count). The molecule has 0 bridgehead atoms. The van der Waals surface area contributed by atoms with Gasteiger partial charge in [-0.2, -0.15) is 0 Å². The van der Waals surface area contributed by atoms with E-state index < -0.39 is 11.9 Å². The monoisotopic (exact) mass is 227 g/mol. The van der Waals surface area contributed by atoms with Gasteiger partial charge in [-0.25, -0.2) is 0 Å². The molecular formula is C11H17NO4. The molecule has 0 aromatic heterocycles. The molecule has 2 unspecified atom stereocenters. The summed E-state index contributed by atoms with van der Waals surface area (Å²) in [5, 5.41) is 8.84. The zero-order valence-electron chi connectivity index (χ0n) is 9.39. The number of amides is 1. The van der Waals surface area contributed by atoms with Crippen LogP contribution in [0.1, 0.15) is 19.8 Å². The van der Waals surface area contributed by atoms with Crippen molar-refractivity contribution in [3.63, 3.8) is 0 Å².